The molecule has 0 atom stereocenters. The summed E-state index contributed by atoms with van der Waals surface area (Å²) in [4.78, 5) is 0. The van der Waals surface area contributed by atoms with Crippen LogP contribution >= 0.6 is 0 Å². The van der Waals surface area contributed by atoms with Crippen molar-refractivity contribution < 1.29 is 0 Å². The Morgan fingerprint density at radius 1 is 1.00 bits per heavy atom. The molecule has 0 saturated carbocycles. The summed E-state index contributed by atoms with van der Waals surface area (Å²) >= 11 is 0. The van der Waals surface area contributed by atoms with Crippen LogP contribution < -0.4 is 11.1 Å². The van der Waals surface area contributed by atoms with E-state index in [1.807, 2.05) is 36.4 Å². The highest BCUT2D eigenvalue weighted by Gasteiger charge is 2.02. The van der Waals surface area contributed by atoms with E-state index < -0.39 is 0 Å². The van der Waals surface area contributed by atoms with E-state index in [1.54, 1.807) is 6.20 Å². The molecule has 3 rings (SSSR count). The number of aromatic nitrogens is 2. The highest BCUT2D eigenvalue weighted by molar-refractivity contribution is 5.90. The van der Waals surface area contributed by atoms with E-state index in [0.29, 0.717) is 13.1 Å². The lowest BCUT2D eigenvalue weighted by atomic mass is 10.1. The van der Waals surface area contributed by atoms with Gasteiger partial charge in [-0.05, 0) is 11.1 Å². The maximum atomic E-state index is 5.66. The lowest BCUT2D eigenvalue weighted by Gasteiger charge is -2.08. The number of fused-ring (bicyclic) bond motifs is 1. The molecule has 1 heterocycles. The Kier molecular flexibility index (Phi) is 3.56. The molecule has 3 aromatic rings. The van der Waals surface area contributed by atoms with Crippen molar-refractivity contribution >= 4 is 16.6 Å². The fraction of sp³-hybridized carbons (Fsp3) is 0.125. The number of hydrogen-bond donors (Lipinski definition) is 2. The van der Waals surface area contributed by atoms with Crippen molar-refractivity contribution in [3.63, 3.8) is 0 Å². The zero-order valence-electron chi connectivity index (χ0n) is 11.1. The Balaban J connectivity index is 1.83. The number of benzene rings is 2. The van der Waals surface area contributed by atoms with Crippen molar-refractivity contribution in [3.8, 4) is 0 Å². The number of rotatable bonds is 4. The first kappa shape index (κ1) is 12.6. The lowest BCUT2D eigenvalue weighted by Crippen LogP contribution is -2.04. The van der Waals surface area contributed by atoms with Gasteiger partial charge in [-0.3, -0.25) is 0 Å². The molecule has 3 N–H and O–H groups in total. The van der Waals surface area contributed by atoms with Gasteiger partial charge in [0.25, 0.3) is 0 Å². The summed E-state index contributed by atoms with van der Waals surface area (Å²) in [6.45, 7) is 1.26. The minimum Gasteiger partial charge on any atom is -0.364 e. The summed E-state index contributed by atoms with van der Waals surface area (Å²) in [5.41, 5.74) is 7.97. The summed E-state index contributed by atoms with van der Waals surface area (Å²) in [7, 11) is 0. The van der Waals surface area contributed by atoms with Crippen LogP contribution in [0.4, 0.5) is 5.82 Å². The monoisotopic (exact) mass is 264 g/mol. The second-order valence-corrected chi connectivity index (χ2v) is 4.66. The molecule has 0 radical (unpaired) electrons. The highest BCUT2D eigenvalue weighted by atomic mass is 15.2. The minimum atomic E-state index is 0.557. The van der Waals surface area contributed by atoms with Gasteiger partial charge >= 0.3 is 0 Å². The third-order valence-electron chi connectivity index (χ3n) is 3.26. The fourth-order valence-corrected chi connectivity index (χ4v) is 2.21. The molecule has 20 heavy (non-hydrogen) atoms. The van der Waals surface area contributed by atoms with E-state index in [9.17, 15) is 0 Å². The molecule has 0 amide bonds. The number of nitrogens with zero attached hydrogens (tertiary/aromatic N) is 2. The fourth-order valence-electron chi connectivity index (χ4n) is 2.21. The molecular weight excluding hydrogens is 248 g/mol. The van der Waals surface area contributed by atoms with E-state index in [4.69, 9.17) is 5.73 Å². The van der Waals surface area contributed by atoms with Gasteiger partial charge in [0.2, 0.25) is 0 Å². The first-order valence-electron chi connectivity index (χ1n) is 6.59. The number of anilines is 1. The Hall–Kier alpha value is -2.46. The van der Waals surface area contributed by atoms with Gasteiger partial charge in [-0.2, -0.15) is 5.10 Å². The van der Waals surface area contributed by atoms with E-state index in [0.717, 1.165) is 22.2 Å². The molecule has 0 aliphatic heterocycles. The van der Waals surface area contributed by atoms with E-state index in [1.165, 1.54) is 5.56 Å². The molecule has 0 aliphatic rings. The zero-order valence-corrected chi connectivity index (χ0v) is 11.1. The molecule has 0 aliphatic carbocycles. The molecule has 100 valence electrons. The van der Waals surface area contributed by atoms with Gasteiger partial charge in [-0.15, -0.1) is 5.10 Å². The van der Waals surface area contributed by atoms with Crippen molar-refractivity contribution in [3.05, 3.63) is 65.9 Å². The summed E-state index contributed by atoms with van der Waals surface area (Å²) in [5.74, 6) is 0.807. The third-order valence-corrected chi connectivity index (χ3v) is 3.26. The van der Waals surface area contributed by atoms with E-state index in [-0.39, 0.29) is 0 Å². The van der Waals surface area contributed by atoms with Gasteiger partial charge < -0.3 is 11.1 Å². The van der Waals surface area contributed by atoms with Crippen LogP contribution in [0.3, 0.4) is 0 Å². The van der Waals surface area contributed by atoms with E-state index >= 15 is 0 Å². The predicted molar refractivity (Wildman–Crippen MR) is 81.2 cm³/mol. The van der Waals surface area contributed by atoms with Crippen LogP contribution in [-0.2, 0) is 13.1 Å². The largest absolute Gasteiger partial charge is 0.364 e. The van der Waals surface area contributed by atoms with Crippen LogP contribution in [0.5, 0.6) is 0 Å². The van der Waals surface area contributed by atoms with Crippen molar-refractivity contribution in [2.75, 3.05) is 5.32 Å². The van der Waals surface area contributed by atoms with Gasteiger partial charge in [0.05, 0.1) is 6.20 Å². The van der Waals surface area contributed by atoms with Crippen LogP contribution in [0.25, 0.3) is 10.8 Å². The standard InChI is InChI=1S/C16H16N4/c17-9-12-4-3-5-13(8-12)10-18-16-15-7-2-1-6-14(15)11-19-20-16/h1-8,11H,9-10,17H2,(H,18,20). The second kappa shape index (κ2) is 5.67. The molecular formula is C16H16N4. The van der Waals surface area contributed by atoms with Gasteiger partial charge in [0.1, 0.15) is 0 Å². The van der Waals surface area contributed by atoms with Gasteiger partial charge in [0, 0.05) is 23.9 Å². The van der Waals surface area contributed by atoms with Crippen molar-refractivity contribution in [1.29, 1.82) is 0 Å². The topological polar surface area (TPSA) is 63.8 Å². The van der Waals surface area contributed by atoms with Crippen LogP contribution in [0.2, 0.25) is 0 Å². The third kappa shape index (κ3) is 2.60. The molecule has 1 aromatic heterocycles. The van der Waals surface area contributed by atoms with Crippen LogP contribution in [0.1, 0.15) is 11.1 Å². The van der Waals surface area contributed by atoms with E-state index in [2.05, 4.69) is 27.6 Å². The lowest BCUT2D eigenvalue weighted by molar-refractivity contribution is 1.01. The SMILES string of the molecule is NCc1cccc(CNc2nncc3ccccc23)c1. The molecule has 0 fully saturated rings. The smallest absolute Gasteiger partial charge is 0.156 e. The average molecular weight is 264 g/mol. The molecule has 0 bridgehead atoms. The maximum Gasteiger partial charge on any atom is 0.156 e. The van der Waals surface area contributed by atoms with Gasteiger partial charge in [-0.1, -0.05) is 48.5 Å². The Morgan fingerprint density at radius 3 is 2.75 bits per heavy atom. The first-order valence-corrected chi connectivity index (χ1v) is 6.59. The van der Waals surface area contributed by atoms with Gasteiger partial charge in [-0.25, -0.2) is 0 Å². The highest BCUT2D eigenvalue weighted by Crippen LogP contribution is 2.19. The normalized spacial score (nSPS) is 10.7. The summed E-state index contributed by atoms with van der Waals surface area (Å²) < 4.78 is 0. The summed E-state index contributed by atoms with van der Waals surface area (Å²) in [6.07, 6.45) is 1.77. The van der Waals surface area contributed by atoms with Gasteiger partial charge in [0.15, 0.2) is 5.82 Å². The number of nitrogens with one attached hydrogen (secondary N) is 1. The number of nitrogens with two attached hydrogens (primary N) is 1. The quantitative estimate of drug-likeness (QED) is 0.760. The molecule has 4 heteroatoms. The maximum absolute atomic E-state index is 5.66. The predicted octanol–water partition coefficient (Wildman–Crippen LogP) is 2.70. The average Bonchev–Trinajstić information content (AvgIpc) is 2.53. The minimum absolute atomic E-state index is 0.557. The van der Waals surface area contributed by atoms with Crippen molar-refractivity contribution in [2.45, 2.75) is 13.1 Å². The molecule has 4 nitrogen and oxygen atoms in total. The van der Waals surface area contributed by atoms with Crippen LogP contribution in [-0.4, -0.2) is 10.2 Å². The van der Waals surface area contributed by atoms with Crippen molar-refractivity contribution in [1.82, 2.24) is 10.2 Å². The second-order valence-electron chi connectivity index (χ2n) is 4.66. The molecule has 0 unspecified atom stereocenters. The summed E-state index contributed by atoms with van der Waals surface area (Å²) in [6, 6.07) is 16.3. The Morgan fingerprint density at radius 2 is 1.85 bits per heavy atom. The zero-order chi connectivity index (χ0) is 13.8. The summed E-state index contributed by atoms with van der Waals surface area (Å²) in [5, 5.41) is 13.7. The first-order chi connectivity index (χ1) is 9.86. The molecule has 2 aromatic carbocycles. The Bertz CT molecular complexity index is 719. The molecule has 0 saturated heterocycles. The number of hydrogen-bond acceptors (Lipinski definition) is 4. The van der Waals surface area contributed by atoms with Crippen LogP contribution in [0, 0.1) is 0 Å². The Labute approximate surface area is 117 Å². The van der Waals surface area contributed by atoms with Crippen LogP contribution in [0.15, 0.2) is 54.7 Å². The van der Waals surface area contributed by atoms with Crippen molar-refractivity contribution in [2.24, 2.45) is 5.73 Å². The molecule has 0 spiro atoms.